The third-order valence-electron chi connectivity index (χ3n) is 3.57. The summed E-state index contributed by atoms with van der Waals surface area (Å²) in [5, 5.41) is 7.80. The maximum atomic E-state index is 13.3. The Balaban J connectivity index is 6.78. The largest absolute Gasteiger partial charge is 0.460 e. The van der Waals surface area contributed by atoms with Gasteiger partial charge in [0.2, 0.25) is 0 Å². The molecule has 2 nitrogen and oxygen atoms in total. The Bertz CT molecular complexity index is 733. The molecule has 0 fully saturated rings. The highest BCUT2D eigenvalue weighted by molar-refractivity contribution is 5.14. The van der Waals surface area contributed by atoms with E-state index in [1.807, 2.05) is 0 Å². The first kappa shape index (κ1) is 32.4. The summed E-state index contributed by atoms with van der Waals surface area (Å²) in [5.74, 6) is -59.5. The fourth-order valence-electron chi connectivity index (χ4n) is 1.54. The number of alkyl halides is 21. The van der Waals surface area contributed by atoms with Crippen LogP contribution in [0.15, 0.2) is 0 Å². The van der Waals surface area contributed by atoms with Crippen molar-refractivity contribution in [2.24, 2.45) is 0 Å². The smallest absolute Gasteiger partial charge is 0.390 e. The Hall–Kier alpha value is -1.55. The Morgan fingerprint density at radius 3 is 0.912 bits per heavy atom. The van der Waals surface area contributed by atoms with Crippen molar-refractivity contribution in [1.82, 2.24) is 0 Å². The lowest BCUT2D eigenvalue weighted by molar-refractivity contribution is -0.511. The topological polar surface area (TPSA) is 29.5 Å². The molecule has 0 amide bonds. The first-order chi connectivity index (χ1) is 14.3. The number of hydrogen-bond donors (Lipinski definition) is 1. The standard InChI is InChI=1S/C11H3F21O2/c12-2(13,1-33)10(29,30)34-11(31,32)8(24,25)6(20,21)4(16,17)3(14,15)5(18,19)7(22,23)9(26,27)28/h33H,1H2. The van der Waals surface area contributed by atoms with Crippen LogP contribution in [0.3, 0.4) is 0 Å². The van der Waals surface area contributed by atoms with E-state index in [4.69, 9.17) is 5.11 Å². The monoisotopic (exact) mass is 566 g/mol. The second-order valence-corrected chi connectivity index (χ2v) is 5.94. The predicted molar refractivity (Wildman–Crippen MR) is 58.7 cm³/mol. The van der Waals surface area contributed by atoms with Crippen molar-refractivity contribution in [3.05, 3.63) is 0 Å². The van der Waals surface area contributed by atoms with Crippen LogP contribution in [0.1, 0.15) is 0 Å². The number of halogens is 21. The lowest BCUT2D eigenvalue weighted by Gasteiger charge is -2.43. The molecule has 0 rings (SSSR count). The maximum absolute atomic E-state index is 13.3. The van der Waals surface area contributed by atoms with E-state index in [2.05, 4.69) is 0 Å². The van der Waals surface area contributed by atoms with Crippen LogP contribution in [-0.4, -0.2) is 71.6 Å². The lowest BCUT2D eigenvalue weighted by atomic mass is 9.90. The van der Waals surface area contributed by atoms with Crippen LogP contribution in [0, 0.1) is 0 Å². The van der Waals surface area contributed by atoms with Crippen LogP contribution in [-0.2, 0) is 4.74 Å². The summed E-state index contributed by atoms with van der Waals surface area (Å²) in [6.07, 6.45) is -23.4. The van der Waals surface area contributed by atoms with Crippen LogP contribution < -0.4 is 0 Å². The van der Waals surface area contributed by atoms with Gasteiger partial charge in [-0.05, 0) is 0 Å². The average Bonchev–Trinajstić information content (AvgIpc) is 2.58. The summed E-state index contributed by atoms with van der Waals surface area (Å²) in [4.78, 5) is 0. The van der Waals surface area contributed by atoms with Gasteiger partial charge in [0.1, 0.15) is 6.61 Å². The molecule has 0 radical (unpaired) electrons. The molecule has 23 heteroatoms. The van der Waals surface area contributed by atoms with Gasteiger partial charge in [-0.3, -0.25) is 0 Å². The highest BCUT2D eigenvalue weighted by Crippen LogP contribution is 2.64. The van der Waals surface area contributed by atoms with Crippen LogP contribution in [0.5, 0.6) is 0 Å². The summed E-state index contributed by atoms with van der Waals surface area (Å²) < 4.78 is 270. The Morgan fingerprint density at radius 2 is 0.647 bits per heavy atom. The lowest BCUT2D eigenvalue weighted by Crippen LogP contribution is -2.75. The van der Waals surface area contributed by atoms with Crippen LogP contribution in [0.4, 0.5) is 92.2 Å². The molecule has 0 spiro atoms. The second-order valence-electron chi connectivity index (χ2n) is 5.94. The minimum absolute atomic E-state index is 1.25. The Kier molecular flexibility index (Phi) is 7.62. The number of ether oxygens (including phenoxy) is 1. The zero-order chi connectivity index (χ0) is 28.4. The minimum atomic E-state index is -9.09. The Labute approximate surface area is 170 Å². The molecule has 0 unspecified atom stereocenters. The molecule has 0 saturated carbocycles. The molecule has 34 heavy (non-hydrogen) atoms. The van der Waals surface area contributed by atoms with Crippen LogP contribution in [0.25, 0.3) is 0 Å². The molecule has 1 N–H and O–H groups in total. The first-order valence-electron chi connectivity index (χ1n) is 7.05. The molecule has 0 heterocycles. The maximum Gasteiger partial charge on any atom is 0.460 e. The van der Waals surface area contributed by atoms with E-state index >= 15 is 0 Å². The summed E-state index contributed by atoms with van der Waals surface area (Å²) >= 11 is 0. The number of aliphatic hydroxyl groups excluding tert-OH is 1. The van der Waals surface area contributed by atoms with Gasteiger partial charge in [0.25, 0.3) is 0 Å². The average molecular weight is 566 g/mol. The fourth-order valence-corrected chi connectivity index (χ4v) is 1.54. The van der Waals surface area contributed by atoms with Gasteiger partial charge in [-0.1, -0.05) is 0 Å². The normalized spacial score (nSPS) is 16.8. The van der Waals surface area contributed by atoms with Crippen molar-refractivity contribution in [1.29, 1.82) is 0 Å². The molecular weight excluding hydrogens is 563 g/mol. The molecule has 0 aromatic heterocycles. The minimum Gasteiger partial charge on any atom is -0.390 e. The Morgan fingerprint density at radius 1 is 0.382 bits per heavy atom. The summed E-state index contributed by atoms with van der Waals surface area (Å²) in [7, 11) is 0. The number of aliphatic hydroxyl groups is 1. The second kappa shape index (κ2) is 7.98. The number of rotatable bonds is 10. The van der Waals surface area contributed by atoms with Gasteiger partial charge < -0.3 is 5.11 Å². The van der Waals surface area contributed by atoms with Crippen molar-refractivity contribution >= 4 is 0 Å². The highest BCUT2D eigenvalue weighted by Gasteiger charge is 2.96. The van der Waals surface area contributed by atoms with Gasteiger partial charge in [-0.25, -0.2) is 4.74 Å². The fraction of sp³-hybridized carbons (Fsp3) is 1.00. The van der Waals surface area contributed by atoms with E-state index in [0.717, 1.165) is 0 Å². The molecule has 0 aliphatic carbocycles. The zero-order valence-electron chi connectivity index (χ0n) is 14.5. The van der Waals surface area contributed by atoms with Crippen molar-refractivity contribution in [2.45, 2.75) is 59.9 Å². The molecule has 0 aromatic rings. The molecule has 206 valence electrons. The molecule has 0 atom stereocenters. The van der Waals surface area contributed by atoms with E-state index in [0.29, 0.717) is 0 Å². The molecule has 0 aliphatic rings. The summed E-state index contributed by atoms with van der Waals surface area (Å²) in [5.41, 5.74) is 0. The van der Waals surface area contributed by atoms with Crippen molar-refractivity contribution in [2.75, 3.05) is 6.61 Å². The van der Waals surface area contributed by atoms with Crippen LogP contribution in [0.2, 0.25) is 0 Å². The quantitative estimate of drug-likeness (QED) is 0.320. The van der Waals surface area contributed by atoms with Gasteiger partial charge >= 0.3 is 59.9 Å². The molecule has 0 bridgehead atoms. The van der Waals surface area contributed by atoms with E-state index in [1.165, 1.54) is 4.74 Å². The van der Waals surface area contributed by atoms with E-state index in [1.54, 1.807) is 0 Å². The van der Waals surface area contributed by atoms with Crippen molar-refractivity contribution in [3.8, 4) is 0 Å². The first-order valence-corrected chi connectivity index (χ1v) is 7.05. The van der Waals surface area contributed by atoms with E-state index < -0.39 is 66.5 Å². The molecule has 0 saturated heterocycles. The summed E-state index contributed by atoms with van der Waals surface area (Å²) in [6, 6.07) is 0. The van der Waals surface area contributed by atoms with E-state index in [9.17, 15) is 92.2 Å². The third-order valence-corrected chi connectivity index (χ3v) is 3.57. The SMILES string of the molecule is OCC(F)(F)C(F)(F)OC(F)(F)C(F)(F)C(F)(F)C(F)(F)C(F)(F)C(F)(F)C(F)(F)C(F)(F)F. The van der Waals surface area contributed by atoms with Gasteiger partial charge in [0.15, 0.2) is 0 Å². The third kappa shape index (κ3) is 4.18. The van der Waals surface area contributed by atoms with E-state index in [-0.39, 0.29) is 0 Å². The van der Waals surface area contributed by atoms with Gasteiger partial charge in [-0.2, -0.15) is 92.2 Å². The summed E-state index contributed by atoms with van der Waals surface area (Å²) in [6.45, 7) is -3.31. The highest BCUT2D eigenvalue weighted by atomic mass is 19.4. The predicted octanol–water partition coefficient (Wildman–Crippen LogP) is 6.19. The van der Waals surface area contributed by atoms with Gasteiger partial charge in [-0.15, -0.1) is 0 Å². The van der Waals surface area contributed by atoms with Crippen LogP contribution >= 0.6 is 0 Å². The van der Waals surface area contributed by atoms with Crippen molar-refractivity contribution in [3.63, 3.8) is 0 Å². The molecule has 0 aromatic carbocycles. The number of hydrogen-bond acceptors (Lipinski definition) is 2. The molecule has 0 aliphatic heterocycles. The van der Waals surface area contributed by atoms with Gasteiger partial charge in [0, 0.05) is 0 Å². The van der Waals surface area contributed by atoms with Gasteiger partial charge in [0.05, 0.1) is 0 Å². The zero-order valence-corrected chi connectivity index (χ0v) is 14.5. The van der Waals surface area contributed by atoms with Crippen molar-refractivity contribution < 1.29 is 102 Å². The molecular formula is C11H3F21O2.